The van der Waals surface area contributed by atoms with Crippen molar-refractivity contribution in [2.45, 2.75) is 13.3 Å². The average molecular weight is 330 g/mol. The molecule has 1 aliphatic rings. The molecule has 3 rings (SSSR count). The van der Waals surface area contributed by atoms with Crippen LogP contribution in [0.1, 0.15) is 22.5 Å². The first kappa shape index (κ1) is 16.7. The Bertz CT molecular complexity index is 727. The van der Waals surface area contributed by atoms with Gasteiger partial charge in [0.1, 0.15) is 13.1 Å². The third kappa shape index (κ3) is 3.83. The zero-order valence-corrected chi connectivity index (χ0v) is 14.0. The standard InChI is InChI=1S/C18H23N3O3/c1-13-12-16(19-6-3-7-21-8-10-24-11-9-21)14-4-2-5-15(18(22)23)17(14)20-13/h2,4-5,12H,3,6-11H2,1H3,(H,19,20)(H,22,23)/p+1. The summed E-state index contributed by atoms with van der Waals surface area (Å²) in [7, 11) is 0. The number of nitrogens with one attached hydrogen (secondary N) is 2. The molecule has 0 atom stereocenters. The first-order chi connectivity index (χ1) is 11.6. The highest BCUT2D eigenvalue weighted by Crippen LogP contribution is 2.25. The van der Waals surface area contributed by atoms with Crippen molar-refractivity contribution in [1.29, 1.82) is 0 Å². The first-order valence-corrected chi connectivity index (χ1v) is 8.44. The summed E-state index contributed by atoms with van der Waals surface area (Å²) in [4.78, 5) is 17.4. The molecule has 1 aromatic carbocycles. The van der Waals surface area contributed by atoms with Crippen LogP contribution in [-0.2, 0) is 4.74 Å². The Hall–Kier alpha value is -2.18. The van der Waals surface area contributed by atoms with Crippen molar-refractivity contribution in [2.75, 3.05) is 44.7 Å². The van der Waals surface area contributed by atoms with Crippen LogP contribution < -0.4 is 10.2 Å². The number of fused-ring (bicyclic) bond motifs is 1. The van der Waals surface area contributed by atoms with Crippen LogP contribution in [0, 0.1) is 6.92 Å². The molecular weight excluding hydrogens is 306 g/mol. The Morgan fingerprint density at radius 1 is 1.38 bits per heavy atom. The largest absolute Gasteiger partial charge is 0.478 e. The molecule has 0 aliphatic carbocycles. The van der Waals surface area contributed by atoms with Gasteiger partial charge in [-0.25, -0.2) is 4.79 Å². The third-order valence-corrected chi connectivity index (χ3v) is 4.42. The van der Waals surface area contributed by atoms with E-state index < -0.39 is 5.97 Å². The summed E-state index contributed by atoms with van der Waals surface area (Å²) >= 11 is 0. The van der Waals surface area contributed by atoms with Gasteiger partial charge in [0.25, 0.3) is 0 Å². The van der Waals surface area contributed by atoms with Crippen molar-refractivity contribution in [3.05, 3.63) is 35.5 Å². The van der Waals surface area contributed by atoms with Crippen LogP contribution >= 0.6 is 0 Å². The van der Waals surface area contributed by atoms with E-state index in [1.165, 1.54) is 0 Å². The van der Waals surface area contributed by atoms with Crippen LogP contribution in [0.4, 0.5) is 5.69 Å². The van der Waals surface area contributed by atoms with Crippen molar-refractivity contribution in [3.8, 4) is 0 Å². The molecule has 1 fully saturated rings. The number of nitrogens with zero attached hydrogens (tertiary/aromatic N) is 1. The molecule has 0 spiro atoms. The summed E-state index contributed by atoms with van der Waals surface area (Å²) in [5.41, 5.74) is 2.57. The van der Waals surface area contributed by atoms with Gasteiger partial charge in [-0.05, 0) is 19.1 Å². The summed E-state index contributed by atoms with van der Waals surface area (Å²) in [6.45, 7) is 7.75. The van der Waals surface area contributed by atoms with Gasteiger partial charge in [-0.15, -0.1) is 0 Å². The lowest BCUT2D eigenvalue weighted by Crippen LogP contribution is -3.14. The molecule has 0 radical (unpaired) electrons. The second-order valence-corrected chi connectivity index (χ2v) is 6.21. The number of quaternary nitrogens is 1. The number of hydrogen-bond donors (Lipinski definition) is 3. The van der Waals surface area contributed by atoms with Gasteiger partial charge >= 0.3 is 5.97 Å². The number of morpholine rings is 1. The predicted molar refractivity (Wildman–Crippen MR) is 92.9 cm³/mol. The maximum Gasteiger partial charge on any atom is 0.337 e. The Morgan fingerprint density at radius 2 is 2.17 bits per heavy atom. The van der Waals surface area contributed by atoms with E-state index in [4.69, 9.17) is 4.74 Å². The highest BCUT2D eigenvalue weighted by atomic mass is 16.5. The molecular formula is C18H24N3O3+. The maximum absolute atomic E-state index is 11.4. The predicted octanol–water partition coefficient (Wildman–Crippen LogP) is 0.959. The number of carbonyl (C=O) groups is 1. The average Bonchev–Trinajstić information content (AvgIpc) is 2.58. The van der Waals surface area contributed by atoms with Crippen LogP contribution in [0.25, 0.3) is 10.9 Å². The maximum atomic E-state index is 11.4. The van der Waals surface area contributed by atoms with Gasteiger partial charge in [0.2, 0.25) is 0 Å². The lowest BCUT2D eigenvalue weighted by Gasteiger charge is -2.23. The fourth-order valence-electron chi connectivity index (χ4n) is 3.17. The van der Waals surface area contributed by atoms with Gasteiger partial charge in [-0.1, -0.05) is 12.1 Å². The summed E-state index contributed by atoms with van der Waals surface area (Å²) < 4.78 is 5.38. The number of para-hydroxylation sites is 1. The molecule has 24 heavy (non-hydrogen) atoms. The molecule has 2 heterocycles. The number of carboxylic acids is 1. The first-order valence-electron chi connectivity index (χ1n) is 8.44. The Kier molecular flexibility index (Phi) is 5.27. The van der Waals surface area contributed by atoms with Crippen LogP contribution in [0.2, 0.25) is 0 Å². The van der Waals surface area contributed by atoms with Crippen molar-refractivity contribution >= 4 is 22.6 Å². The third-order valence-electron chi connectivity index (χ3n) is 4.42. The zero-order valence-electron chi connectivity index (χ0n) is 14.0. The monoisotopic (exact) mass is 330 g/mol. The van der Waals surface area contributed by atoms with Gasteiger partial charge in [0, 0.05) is 29.7 Å². The minimum atomic E-state index is -0.944. The van der Waals surface area contributed by atoms with Gasteiger partial charge < -0.3 is 20.1 Å². The Balaban J connectivity index is 1.69. The summed E-state index contributed by atoms with van der Waals surface area (Å²) in [6, 6.07) is 7.27. The number of rotatable bonds is 6. The molecule has 1 saturated heterocycles. The fraction of sp³-hybridized carbons (Fsp3) is 0.444. The molecule has 6 heteroatoms. The highest BCUT2D eigenvalue weighted by Gasteiger charge is 2.14. The summed E-state index contributed by atoms with van der Waals surface area (Å²) in [5, 5.41) is 13.7. The number of hydrogen-bond acceptors (Lipinski definition) is 4. The normalized spacial score (nSPS) is 15.5. The minimum Gasteiger partial charge on any atom is -0.478 e. The van der Waals surface area contributed by atoms with Crippen LogP contribution in [0.5, 0.6) is 0 Å². The SMILES string of the molecule is Cc1cc(NCCC[NH+]2CCOCC2)c2cccc(C(=O)O)c2n1. The topological polar surface area (TPSA) is 75.9 Å². The van der Waals surface area contributed by atoms with Crippen molar-refractivity contribution in [1.82, 2.24) is 4.98 Å². The number of anilines is 1. The van der Waals surface area contributed by atoms with Crippen LogP contribution in [0.3, 0.4) is 0 Å². The quantitative estimate of drug-likeness (QED) is 0.688. The Morgan fingerprint density at radius 3 is 2.92 bits per heavy atom. The number of aromatic carboxylic acids is 1. The van der Waals surface area contributed by atoms with Gasteiger partial charge in [0.15, 0.2) is 0 Å². The molecule has 128 valence electrons. The second kappa shape index (κ2) is 7.59. The molecule has 0 saturated carbocycles. The molecule has 1 aromatic heterocycles. The number of pyridine rings is 1. The second-order valence-electron chi connectivity index (χ2n) is 6.21. The summed E-state index contributed by atoms with van der Waals surface area (Å²) in [6.07, 6.45) is 1.07. The van der Waals surface area contributed by atoms with Gasteiger partial charge in [0.05, 0.1) is 30.8 Å². The number of benzene rings is 1. The number of ether oxygens (including phenoxy) is 1. The molecule has 1 aliphatic heterocycles. The molecule has 2 aromatic rings. The zero-order chi connectivity index (χ0) is 16.9. The van der Waals surface area contributed by atoms with E-state index in [9.17, 15) is 9.90 Å². The molecule has 3 N–H and O–H groups in total. The van der Waals surface area contributed by atoms with E-state index >= 15 is 0 Å². The van der Waals surface area contributed by atoms with E-state index in [0.717, 1.165) is 62.6 Å². The minimum absolute atomic E-state index is 0.247. The van der Waals surface area contributed by atoms with E-state index in [1.54, 1.807) is 17.0 Å². The lowest BCUT2D eigenvalue weighted by molar-refractivity contribution is -0.908. The number of aryl methyl sites for hydroxylation is 1. The molecule has 0 amide bonds. The van der Waals surface area contributed by atoms with E-state index in [0.29, 0.717) is 5.52 Å². The van der Waals surface area contributed by atoms with E-state index in [1.807, 2.05) is 19.1 Å². The van der Waals surface area contributed by atoms with Crippen LogP contribution in [-0.4, -0.2) is 55.5 Å². The number of aromatic nitrogens is 1. The van der Waals surface area contributed by atoms with Gasteiger partial charge in [-0.2, -0.15) is 0 Å². The van der Waals surface area contributed by atoms with Crippen molar-refractivity contribution < 1.29 is 19.5 Å². The molecule has 0 bridgehead atoms. The smallest absolute Gasteiger partial charge is 0.337 e. The molecule has 6 nitrogen and oxygen atoms in total. The highest BCUT2D eigenvalue weighted by molar-refractivity contribution is 6.05. The van der Waals surface area contributed by atoms with Gasteiger partial charge in [-0.3, -0.25) is 4.98 Å². The Labute approximate surface area is 141 Å². The van der Waals surface area contributed by atoms with Crippen molar-refractivity contribution in [2.24, 2.45) is 0 Å². The van der Waals surface area contributed by atoms with E-state index in [2.05, 4.69) is 10.3 Å². The van der Waals surface area contributed by atoms with Crippen molar-refractivity contribution in [3.63, 3.8) is 0 Å². The number of carboxylic acid groups (broad SMARTS) is 1. The van der Waals surface area contributed by atoms with Crippen LogP contribution in [0.15, 0.2) is 24.3 Å². The van der Waals surface area contributed by atoms with E-state index in [-0.39, 0.29) is 5.56 Å². The fourth-order valence-corrected chi connectivity index (χ4v) is 3.17. The summed E-state index contributed by atoms with van der Waals surface area (Å²) in [5.74, 6) is -0.944. The lowest BCUT2D eigenvalue weighted by atomic mass is 10.1. The molecule has 0 unspecified atom stereocenters.